The monoisotopic (exact) mass is 1020 g/mol. The molecule has 1 amide bonds. The summed E-state index contributed by atoms with van der Waals surface area (Å²) in [6.45, 7) is 23.6. The molecule has 2 N–H and O–H groups in total. The van der Waals surface area contributed by atoms with E-state index in [1.165, 1.54) is 10.4 Å². The van der Waals surface area contributed by atoms with Crippen LogP contribution in [0.2, 0.25) is 10.1 Å². The van der Waals surface area contributed by atoms with E-state index in [9.17, 15) is 0 Å². The summed E-state index contributed by atoms with van der Waals surface area (Å²) in [6.07, 6.45) is 1.82. The van der Waals surface area contributed by atoms with Crippen LogP contribution < -0.4 is 45.0 Å². The lowest BCUT2D eigenvalue weighted by Crippen LogP contribution is -2.69. The number of nitrogens with zero attached hydrogens (tertiary/aromatic N) is 2. The van der Waals surface area contributed by atoms with Crippen LogP contribution in [0.4, 0.5) is 11.4 Å². The van der Waals surface area contributed by atoms with Crippen LogP contribution in [0.3, 0.4) is 0 Å². The van der Waals surface area contributed by atoms with Crippen molar-refractivity contribution in [2.75, 3.05) is 23.7 Å². The maximum Gasteiger partial charge on any atom is 0.319 e. The number of hydrazone groups is 1. The van der Waals surface area contributed by atoms with E-state index in [-0.39, 0.29) is 16.0 Å². The molecule has 10 rings (SSSR count). The van der Waals surface area contributed by atoms with E-state index < -0.39 is 22.2 Å². The van der Waals surface area contributed by atoms with Crippen molar-refractivity contribution >= 4 is 60.9 Å². The van der Waals surface area contributed by atoms with Gasteiger partial charge in [-0.2, -0.15) is 5.10 Å². The molecule has 0 aromatic heterocycles. The minimum atomic E-state index is -3.28. The van der Waals surface area contributed by atoms with Crippen LogP contribution in [0, 0.1) is 13.8 Å². The first-order valence-corrected chi connectivity index (χ1v) is 30.1. The van der Waals surface area contributed by atoms with Crippen molar-refractivity contribution in [3.05, 3.63) is 227 Å². The number of carbonyl (C=O) groups is 1. The van der Waals surface area contributed by atoms with Gasteiger partial charge in [0, 0.05) is 70.5 Å². The Morgan fingerprint density at radius 3 is 1.41 bits per heavy atom. The van der Waals surface area contributed by atoms with Gasteiger partial charge in [0.15, 0.2) is 0 Å². The molecule has 1 spiro atoms. The average molecular weight is 1030 g/mol. The Balaban J connectivity index is 1.23. The van der Waals surface area contributed by atoms with Gasteiger partial charge in [0.05, 0.1) is 6.21 Å². The van der Waals surface area contributed by atoms with Crippen molar-refractivity contribution in [3.63, 3.8) is 0 Å². The van der Waals surface area contributed by atoms with Crippen LogP contribution in [-0.2, 0) is 5.54 Å². The van der Waals surface area contributed by atoms with E-state index in [1.807, 2.05) is 30.5 Å². The largest absolute Gasteiger partial charge is 0.534 e. The van der Waals surface area contributed by atoms with Crippen LogP contribution >= 0.6 is 0 Å². The number of carbonyl (C=O) groups excluding carboxylic acids is 1. The minimum absolute atomic E-state index is 0.219. The van der Waals surface area contributed by atoms with Crippen molar-refractivity contribution in [3.8, 4) is 23.0 Å². The fourth-order valence-corrected chi connectivity index (χ4v) is 20.5. The molecule has 0 unspecified atom stereocenters. The summed E-state index contributed by atoms with van der Waals surface area (Å²) in [4.78, 5) is 15.5. The molecule has 75 heavy (non-hydrogen) atoms. The van der Waals surface area contributed by atoms with E-state index in [0.29, 0.717) is 34.1 Å². The molecule has 0 aliphatic carbocycles. The molecule has 380 valence electrons. The van der Waals surface area contributed by atoms with Gasteiger partial charge in [-0.05, 0) is 100.0 Å². The average Bonchev–Trinajstić information content (AvgIpc) is 3.88. The highest BCUT2D eigenvalue weighted by molar-refractivity contribution is 7.00. The molecular weight excluding hydrogens is 957 g/mol. The SMILES string of the molecule is CCNc1cc2c(cc1C)C1(c3cc(C)c(NCC)cc3O2)c2ccccc2C(=O)N1/N=C/c1ccc(O[Si](c2ccccc2)(c2ccccc2)C(C)(C)C)cc1O[Si](c1ccccc1)(c1ccccc1)C(C)(C)C. The van der Waals surface area contributed by atoms with Gasteiger partial charge < -0.3 is 24.2 Å². The molecule has 0 saturated carbocycles. The summed E-state index contributed by atoms with van der Waals surface area (Å²) in [7, 11) is -6.39. The summed E-state index contributed by atoms with van der Waals surface area (Å²) in [5.74, 6) is 2.37. The summed E-state index contributed by atoms with van der Waals surface area (Å²) in [6, 6.07) is 65.3. The Morgan fingerprint density at radius 2 is 0.973 bits per heavy atom. The standard InChI is InChI=1S/C65H68N4O4Si2/c1-11-66-57-42-60-55(39-45(57)3)65(56-40-46(4)58(67-12-2)43-61(56)71-60)54-36-26-25-35-53(54)62(70)69(65)68-44-47-37-38-48(72-74(63(5,6)7,49-27-17-13-18-28-49)50-29-19-14-20-30-50)41-59(47)73-75(64(8,9)10,51-31-21-15-22-32-51)52-33-23-16-24-34-52/h13-44,66-67H,11-12H2,1-10H3/b68-44+. The quantitative estimate of drug-likeness (QED) is 0.0834. The molecule has 2 aliphatic rings. The number of hydrogen-bond donors (Lipinski definition) is 2. The summed E-state index contributed by atoms with van der Waals surface area (Å²) < 4.78 is 22.7. The number of benzene rings is 8. The second kappa shape index (κ2) is 19.9. The van der Waals surface area contributed by atoms with Gasteiger partial charge in [0.1, 0.15) is 28.5 Å². The van der Waals surface area contributed by atoms with Crippen LogP contribution in [0.1, 0.15) is 99.1 Å². The van der Waals surface area contributed by atoms with Gasteiger partial charge >= 0.3 is 16.6 Å². The highest BCUT2D eigenvalue weighted by Crippen LogP contribution is 2.59. The third-order valence-corrected chi connectivity index (χ3v) is 25.0. The number of rotatable bonds is 14. The van der Waals surface area contributed by atoms with Crippen LogP contribution in [-0.4, -0.2) is 46.9 Å². The smallest absolute Gasteiger partial charge is 0.319 e. The molecule has 2 aliphatic heterocycles. The molecule has 0 saturated heterocycles. The molecule has 8 nitrogen and oxygen atoms in total. The number of hydrogen-bond acceptors (Lipinski definition) is 7. The maximum absolute atomic E-state index is 15.5. The van der Waals surface area contributed by atoms with Crippen molar-refractivity contribution in [1.82, 2.24) is 5.01 Å². The number of anilines is 2. The van der Waals surface area contributed by atoms with E-state index in [4.69, 9.17) is 18.7 Å². The van der Waals surface area contributed by atoms with Crippen LogP contribution in [0.25, 0.3) is 0 Å². The molecule has 0 atom stereocenters. The third-order valence-electron chi connectivity index (χ3n) is 15.1. The zero-order valence-corrected chi connectivity index (χ0v) is 46.9. The second-order valence-electron chi connectivity index (χ2n) is 21.8. The van der Waals surface area contributed by atoms with E-state index in [2.05, 4.69) is 244 Å². The lowest BCUT2D eigenvalue weighted by atomic mass is 9.74. The van der Waals surface area contributed by atoms with Gasteiger partial charge in [0.2, 0.25) is 0 Å². The topological polar surface area (TPSA) is 84.4 Å². The normalized spacial score (nSPS) is 14.0. The van der Waals surface area contributed by atoms with E-state index >= 15 is 4.79 Å². The Bertz CT molecular complexity index is 3270. The molecule has 8 aromatic carbocycles. The van der Waals surface area contributed by atoms with Crippen LogP contribution in [0.5, 0.6) is 23.0 Å². The Morgan fingerprint density at radius 1 is 0.547 bits per heavy atom. The minimum Gasteiger partial charge on any atom is -0.534 e. The summed E-state index contributed by atoms with van der Waals surface area (Å²) in [5, 5.41) is 18.1. The predicted molar refractivity (Wildman–Crippen MR) is 314 cm³/mol. The van der Waals surface area contributed by atoms with Crippen molar-refractivity contribution in [2.45, 2.75) is 84.9 Å². The molecular formula is C65H68N4O4Si2. The lowest BCUT2D eigenvalue weighted by molar-refractivity contribution is 0.0675. The van der Waals surface area contributed by atoms with Gasteiger partial charge in [-0.15, -0.1) is 0 Å². The van der Waals surface area contributed by atoms with E-state index in [1.54, 1.807) is 5.01 Å². The van der Waals surface area contributed by atoms with Gasteiger partial charge in [-0.3, -0.25) is 4.79 Å². The number of fused-ring (bicyclic) bond motifs is 6. The maximum atomic E-state index is 15.5. The Kier molecular flexibility index (Phi) is 13.5. The lowest BCUT2D eigenvalue weighted by Gasteiger charge is -2.44. The van der Waals surface area contributed by atoms with Crippen LogP contribution in [0.15, 0.2) is 193 Å². The Labute approximate surface area is 445 Å². The molecule has 2 heterocycles. The molecule has 0 radical (unpaired) electrons. The number of ether oxygens (including phenoxy) is 1. The van der Waals surface area contributed by atoms with Crippen molar-refractivity contribution < 1.29 is 18.4 Å². The Hall–Kier alpha value is -7.67. The fourth-order valence-electron chi connectivity index (χ4n) is 11.7. The summed E-state index contributed by atoms with van der Waals surface area (Å²) in [5.41, 5.74) is 6.55. The first-order valence-electron chi connectivity index (χ1n) is 26.3. The molecule has 0 bridgehead atoms. The second-order valence-corrected chi connectivity index (χ2v) is 30.3. The zero-order valence-electron chi connectivity index (χ0n) is 44.9. The first kappa shape index (κ1) is 50.8. The van der Waals surface area contributed by atoms with Crippen molar-refractivity contribution in [2.24, 2.45) is 5.10 Å². The molecule has 0 fully saturated rings. The summed E-state index contributed by atoms with van der Waals surface area (Å²) >= 11 is 0. The van der Waals surface area contributed by atoms with E-state index in [0.717, 1.165) is 62.7 Å². The fraction of sp³-hybridized carbons (Fsp3) is 0.231. The number of aryl methyl sites for hydroxylation is 2. The van der Waals surface area contributed by atoms with Crippen molar-refractivity contribution in [1.29, 1.82) is 0 Å². The van der Waals surface area contributed by atoms with Gasteiger partial charge in [0.25, 0.3) is 5.91 Å². The zero-order chi connectivity index (χ0) is 52.8. The predicted octanol–water partition coefficient (Wildman–Crippen LogP) is 12.9. The number of amides is 1. The molecule has 8 aromatic rings. The highest BCUT2D eigenvalue weighted by atomic mass is 28.4. The first-order chi connectivity index (χ1) is 36.1. The van der Waals surface area contributed by atoms with Gasteiger partial charge in [-0.25, -0.2) is 5.01 Å². The molecule has 10 heteroatoms. The van der Waals surface area contributed by atoms with Gasteiger partial charge in [-0.1, -0.05) is 181 Å². The highest BCUT2D eigenvalue weighted by Gasteiger charge is 2.58. The third kappa shape index (κ3) is 8.54. The number of nitrogens with one attached hydrogen (secondary N) is 2.